The minimum absolute atomic E-state index is 0.0168. The van der Waals surface area contributed by atoms with Crippen molar-refractivity contribution in [2.45, 2.75) is 25.7 Å². The zero-order valence-electron chi connectivity index (χ0n) is 14.4. The number of nitrogen functional groups attached to an aromatic ring is 1. The summed E-state index contributed by atoms with van der Waals surface area (Å²) in [5.74, 6) is 0.343. The molecule has 1 aromatic carbocycles. The highest BCUT2D eigenvalue weighted by molar-refractivity contribution is 9.10. The maximum Gasteiger partial charge on any atom is 0.268 e. The van der Waals surface area contributed by atoms with Crippen molar-refractivity contribution < 1.29 is 4.74 Å². The normalized spacial score (nSPS) is 9.85. The van der Waals surface area contributed by atoms with Gasteiger partial charge in [-0.3, -0.25) is 4.79 Å². The number of nitrogens with zero attached hydrogens (tertiary/aromatic N) is 3. The van der Waals surface area contributed by atoms with Crippen LogP contribution in [0.4, 0.5) is 5.82 Å². The molecular weight excluding hydrogens is 410 g/mol. The lowest BCUT2D eigenvalue weighted by Gasteiger charge is -2.15. The second kappa shape index (κ2) is 9.43. The maximum atomic E-state index is 12.1. The lowest BCUT2D eigenvalue weighted by atomic mass is 9.96. The Morgan fingerprint density at radius 2 is 1.85 bits per heavy atom. The predicted molar refractivity (Wildman–Crippen MR) is 104 cm³/mol. The van der Waals surface area contributed by atoms with Crippen LogP contribution in [0.1, 0.15) is 36.8 Å². The summed E-state index contributed by atoms with van der Waals surface area (Å²) in [6.07, 6.45) is 2.91. The molecule has 0 spiro atoms. The lowest BCUT2D eigenvalue weighted by molar-refractivity contribution is 0.306. The van der Waals surface area contributed by atoms with Gasteiger partial charge in [-0.1, -0.05) is 15.9 Å². The quantitative estimate of drug-likeness (QED) is 0.649. The molecule has 0 unspecified atom stereocenters. The summed E-state index contributed by atoms with van der Waals surface area (Å²) < 4.78 is 6.53. The largest absolute Gasteiger partial charge is 0.493 e. The van der Waals surface area contributed by atoms with Crippen LogP contribution >= 0.6 is 15.9 Å². The molecule has 2 rings (SSSR count). The molecule has 0 fully saturated rings. The standard InChI is InChI=1S/C19H16BrN5O2/c20-12-5-6-16(27-8-4-2-1-3-7-21)13(9-12)17-14(10-22)18(24)25-19(26)15(17)11-23/h5-6,9H,1-4,8H2,(H3,24,25,26). The minimum atomic E-state index is -0.661. The molecule has 27 heavy (non-hydrogen) atoms. The van der Waals surface area contributed by atoms with E-state index < -0.39 is 5.56 Å². The van der Waals surface area contributed by atoms with Gasteiger partial charge in [0.15, 0.2) is 0 Å². The maximum absolute atomic E-state index is 12.1. The van der Waals surface area contributed by atoms with Gasteiger partial charge >= 0.3 is 0 Å². The lowest BCUT2D eigenvalue weighted by Crippen LogP contribution is -2.16. The summed E-state index contributed by atoms with van der Waals surface area (Å²) in [6.45, 7) is 0.405. The van der Waals surface area contributed by atoms with Crippen LogP contribution in [0.5, 0.6) is 5.75 Å². The Morgan fingerprint density at radius 1 is 1.11 bits per heavy atom. The molecule has 0 aliphatic carbocycles. The molecule has 136 valence electrons. The van der Waals surface area contributed by atoms with E-state index in [0.717, 1.165) is 19.3 Å². The third kappa shape index (κ3) is 4.67. The van der Waals surface area contributed by atoms with Crippen molar-refractivity contribution in [3.63, 3.8) is 0 Å². The van der Waals surface area contributed by atoms with Gasteiger partial charge in [0.25, 0.3) is 5.56 Å². The Kier molecular flexibility index (Phi) is 7.00. The number of H-pyrrole nitrogens is 1. The number of halogens is 1. The molecule has 0 radical (unpaired) electrons. The molecule has 0 aliphatic rings. The predicted octanol–water partition coefficient (Wildman–Crippen LogP) is 3.59. The first-order valence-electron chi connectivity index (χ1n) is 8.19. The average Bonchev–Trinajstić information content (AvgIpc) is 2.65. The molecule has 1 aromatic heterocycles. The van der Waals surface area contributed by atoms with Crippen molar-refractivity contribution in [1.82, 2.24) is 4.98 Å². The van der Waals surface area contributed by atoms with E-state index in [1.54, 1.807) is 18.2 Å². The Morgan fingerprint density at radius 3 is 2.52 bits per heavy atom. The van der Waals surface area contributed by atoms with Crippen molar-refractivity contribution in [2.24, 2.45) is 0 Å². The van der Waals surface area contributed by atoms with Crippen molar-refractivity contribution >= 4 is 21.7 Å². The number of nitrogens with two attached hydrogens (primary N) is 1. The van der Waals surface area contributed by atoms with Gasteiger partial charge in [0.05, 0.1) is 12.7 Å². The third-order valence-electron chi connectivity index (χ3n) is 3.87. The van der Waals surface area contributed by atoms with E-state index in [-0.39, 0.29) is 22.5 Å². The number of hydrogen-bond donors (Lipinski definition) is 2. The van der Waals surface area contributed by atoms with E-state index in [1.165, 1.54) is 0 Å². The fourth-order valence-electron chi connectivity index (χ4n) is 2.60. The van der Waals surface area contributed by atoms with Crippen LogP contribution in [0.15, 0.2) is 27.5 Å². The number of unbranched alkanes of at least 4 members (excludes halogenated alkanes) is 3. The number of hydrogen-bond acceptors (Lipinski definition) is 6. The molecule has 1 heterocycles. The molecule has 7 nitrogen and oxygen atoms in total. The molecule has 3 N–H and O–H groups in total. The average molecular weight is 426 g/mol. The first-order chi connectivity index (χ1) is 13.0. The summed E-state index contributed by atoms with van der Waals surface area (Å²) in [5, 5.41) is 27.5. The Bertz CT molecular complexity index is 1020. The topological polar surface area (TPSA) is 139 Å². The summed E-state index contributed by atoms with van der Waals surface area (Å²) in [4.78, 5) is 14.5. The zero-order valence-corrected chi connectivity index (χ0v) is 16.0. The number of aromatic amines is 1. The fraction of sp³-hybridized carbons (Fsp3) is 0.263. The highest BCUT2D eigenvalue weighted by atomic mass is 79.9. The first-order valence-corrected chi connectivity index (χ1v) is 8.98. The van der Waals surface area contributed by atoms with Gasteiger partial charge in [0.1, 0.15) is 34.8 Å². The number of nitriles is 3. The van der Waals surface area contributed by atoms with Crippen molar-refractivity contribution in [3.8, 4) is 35.1 Å². The van der Waals surface area contributed by atoms with Gasteiger partial charge in [-0.2, -0.15) is 15.8 Å². The number of pyridine rings is 1. The highest BCUT2D eigenvalue weighted by Crippen LogP contribution is 2.37. The number of aromatic nitrogens is 1. The molecular formula is C19H16BrN5O2. The van der Waals surface area contributed by atoms with Crippen LogP contribution in [0.25, 0.3) is 11.1 Å². The Balaban J connectivity index is 2.47. The van der Waals surface area contributed by atoms with Gasteiger partial charge in [-0.15, -0.1) is 0 Å². The number of nitrogens with one attached hydrogen (secondary N) is 1. The molecule has 2 aromatic rings. The molecule has 0 aliphatic heterocycles. The van der Waals surface area contributed by atoms with Gasteiger partial charge in [-0.05, 0) is 37.5 Å². The van der Waals surface area contributed by atoms with E-state index in [9.17, 15) is 15.3 Å². The van der Waals surface area contributed by atoms with E-state index in [4.69, 9.17) is 15.7 Å². The van der Waals surface area contributed by atoms with Crippen LogP contribution in [0.3, 0.4) is 0 Å². The number of ether oxygens (including phenoxy) is 1. The van der Waals surface area contributed by atoms with Crippen LogP contribution in [0, 0.1) is 34.0 Å². The van der Waals surface area contributed by atoms with Gasteiger partial charge in [0, 0.05) is 22.0 Å². The summed E-state index contributed by atoms with van der Waals surface area (Å²) in [6, 6.07) is 11.1. The summed E-state index contributed by atoms with van der Waals surface area (Å²) >= 11 is 3.36. The van der Waals surface area contributed by atoms with E-state index >= 15 is 0 Å². The van der Waals surface area contributed by atoms with Crippen molar-refractivity contribution in [1.29, 1.82) is 15.8 Å². The van der Waals surface area contributed by atoms with Crippen LogP contribution in [0.2, 0.25) is 0 Å². The number of rotatable bonds is 7. The zero-order chi connectivity index (χ0) is 19.8. The monoisotopic (exact) mass is 425 g/mol. The molecule has 0 bridgehead atoms. The van der Waals surface area contributed by atoms with Crippen molar-refractivity contribution in [2.75, 3.05) is 12.3 Å². The number of benzene rings is 1. The number of anilines is 1. The Hall–Kier alpha value is -3.28. The molecule has 0 saturated carbocycles. The summed E-state index contributed by atoms with van der Waals surface area (Å²) in [5.41, 5.74) is 5.54. The van der Waals surface area contributed by atoms with E-state index in [1.807, 2.05) is 12.1 Å². The first kappa shape index (κ1) is 20.0. The second-order valence-corrected chi connectivity index (χ2v) is 6.59. The molecule has 0 atom stereocenters. The second-order valence-electron chi connectivity index (χ2n) is 5.67. The van der Waals surface area contributed by atoms with Gasteiger partial charge < -0.3 is 15.5 Å². The minimum Gasteiger partial charge on any atom is -0.493 e. The molecule has 0 saturated heterocycles. The Labute approximate surface area is 164 Å². The fourth-order valence-corrected chi connectivity index (χ4v) is 2.96. The third-order valence-corrected chi connectivity index (χ3v) is 4.36. The van der Waals surface area contributed by atoms with E-state index in [0.29, 0.717) is 28.8 Å². The van der Waals surface area contributed by atoms with Gasteiger partial charge in [0.2, 0.25) is 0 Å². The van der Waals surface area contributed by atoms with Crippen LogP contribution in [-0.4, -0.2) is 11.6 Å². The van der Waals surface area contributed by atoms with Crippen LogP contribution in [-0.2, 0) is 0 Å². The van der Waals surface area contributed by atoms with Crippen LogP contribution < -0.4 is 16.0 Å². The van der Waals surface area contributed by atoms with E-state index in [2.05, 4.69) is 27.0 Å². The summed E-state index contributed by atoms with van der Waals surface area (Å²) in [7, 11) is 0. The van der Waals surface area contributed by atoms with Gasteiger partial charge in [-0.25, -0.2) is 0 Å². The highest BCUT2D eigenvalue weighted by Gasteiger charge is 2.21. The smallest absolute Gasteiger partial charge is 0.268 e. The molecule has 8 heteroatoms. The SMILES string of the molecule is N#CCCCCCOc1ccc(Br)cc1-c1c(C#N)c(N)[nH]c(=O)c1C#N. The van der Waals surface area contributed by atoms with Crippen molar-refractivity contribution in [3.05, 3.63) is 44.2 Å². The molecule has 0 amide bonds.